The minimum absolute atomic E-state index is 0.00361. The van der Waals surface area contributed by atoms with Crippen molar-refractivity contribution in [1.29, 1.82) is 0 Å². The molecule has 0 unspecified atom stereocenters. The van der Waals surface area contributed by atoms with Gasteiger partial charge in [0.1, 0.15) is 0 Å². The van der Waals surface area contributed by atoms with Crippen LogP contribution in [0.3, 0.4) is 0 Å². The Morgan fingerprint density at radius 3 is 2.56 bits per heavy atom. The molecule has 5 heteroatoms. The topological polar surface area (TPSA) is 55.4 Å². The Kier molecular flexibility index (Phi) is 4.21. The van der Waals surface area contributed by atoms with Gasteiger partial charge in [0.15, 0.2) is 6.61 Å². The van der Waals surface area contributed by atoms with Gasteiger partial charge in [-0.1, -0.05) is 6.92 Å². The number of hydrogen-bond acceptors (Lipinski definition) is 3. The van der Waals surface area contributed by atoms with Crippen molar-refractivity contribution < 1.29 is 14.3 Å². The maximum atomic E-state index is 11.5. The number of ether oxygens (including phenoxy) is 1. The van der Waals surface area contributed by atoms with E-state index in [1.54, 1.807) is 0 Å². The van der Waals surface area contributed by atoms with Crippen molar-refractivity contribution >= 4 is 40.2 Å². The number of anilines is 1. The number of rotatable bonds is 4. The van der Waals surface area contributed by atoms with Crippen LogP contribution in [-0.4, -0.2) is 18.5 Å². The van der Waals surface area contributed by atoms with Gasteiger partial charge in [0.2, 0.25) is 0 Å². The minimum atomic E-state index is -0.308. The molecule has 1 fully saturated rings. The molecule has 0 heterocycles. The van der Waals surface area contributed by atoms with Crippen LogP contribution in [0.1, 0.15) is 13.3 Å². The van der Waals surface area contributed by atoms with Crippen LogP contribution in [0.15, 0.2) is 24.3 Å². The van der Waals surface area contributed by atoms with Crippen molar-refractivity contribution in [3.8, 4) is 0 Å². The van der Waals surface area contributed by atoms with Gasteiger partial charge < -0.3 is 10.1 Å². The Hall–Kier alpha value is -1.11. The van der Waals surface area contributed by atoms with Gasteiger partial charge >= 0.3 is 5.97 Å². The molecule has 0 bridgehead atoms. The minimum Gasteiger partial charge on any atom is -0.455 e. The quantitative estimate of drug-likeness (QED) is 0.664. The largest absolute Gasteiger partial charge is 0.455 e. The lowest BCUT2D eigenvalue weighted by molar-refractivity contribution is -0.148. The molecule has 0 aliphatic heterocycles. The maximum absolute atomic E-state index is 11.5. The van der Waals surface area contributed by atoms with E-state index in [2.05, 4.69) is 27.9 Å². The molecule has 0 saturated heterocycles. The second-order valence-electron chi connectivity index (χ2n) is 4.48. The highest BCUT2D eigenvalue weighted by molar-refractivity contribution is 14.1. The third-order valence-corrected chi connectivity index (χ3v) is 3.60. The Labute approximate surface area is 119 Å². The molecule has 1 saturated carbocycles. The highest BCUT2D eigenvalue weighted by atomic mass is 127. The molecule has 0 spiro atoms. The molecule has 1 aliphatic rings. The van der Waals surface area contributed by atoms with Gasteiger partial charge in [-0.15, -0.1) is 0 Å². The molecule has 2 atom stereocenters. The fourth-order valence-electron chi connectivity index (χ4n) is 1.62. The van der Waals surface area contributed by atoms with Crippen molar-refractivity contribution in [3.63, 3.8) is 0 Å². The van der Waals surface area contributed by atoms with E-state index in [1.807, 2.05) is 31.2 Å². The number of nitrogens with one attached hydrogen (secondary N) is 1. The van der Waals surface area contributed by atoms with Gasteiger partial charge in [0, 0.05) is 9.26 Å². The number of carbonyl (C=O) groups excluding carboxylic acids is 2. The van der Waals surface area contributed by atoms with Crippen molar-refractivity contribution in [2.45, 2.75) is 13.3 Å². The van der Waals surface area contributed by atoms with Crippen LogP contribution >= 0.6 is 22.6 Å². The average Bonchev–Trinajstić information content (AvgIpc) is 3.06. The van der Waals surface area contributed by atoms with Gasteiger partial charge in [-0.25, -0.2) is 0 Å². The highest BCUT2D eigenvalue weighted by Gasteiger charge is 2.40. The second kappa shape index (κ2) is 5.69. The third kappa shape index (κ3) is 3.69. The number of carbonyl (C=O) groups is 2. The summed E-state index contributed by atoms with van der Waals surface area (Å²) in [6.45, 7) is 1.78. The van der Waals surface area contributed by atoms with E-state index in [4.69, 9.17) is 4.74 Å². The Bertz CT molecular complexity index is 458. The van der Waals surface area contributed by atoms with E-state index in [0.717, 1.165) is 9.99 Å². The molecule has 0 radical (unpaired) electrons. The molecule has 1 aromatic rings. The monoisotopic (exact) mass is 359 g/mol. The van der Waals surface area contributed by atoms with Crippen LogP contribution in [-0.2, 0) is 14.3 Å². The van der Waals surface area contributed by atoms with Crippen molar-refractivity contribution in [2.75, 3.05) is 11.9 Å². The summed E-state index contributed by atoms with van der Waals surface area (Å²) >= 11 is 2.19. The van der Waals surface area contributed by atoms with E-state index >= 15 is 0 Å². The summed E-state index contributed by atoms with van der Waals surface area (Å²) in [5.74, 6) is -0.175. The van der Waals surface area contributed by atoms with Gasteiger partial charge in [-0.2, -0.15) is 0 Å². The normalized spacial score (nSPS) is 21.2. The first-order chi connectivity index (χ1) is 8.56. The average molecular weight is 359 g/mol. The highest BCUT2D eigenvalue weighted by Crippen LogP contribution is 2.38. The molecular weight excluding hydrogens is 345 g/mol. The molecular formula is C13H14INO3. The number of esters is 1. The van der Waals surface area contributed by atoms with Crippen LogP contribution in [0.5, 0.6) is 0 Å². The first-order valence-corrected chi connectivity index (χ1v) is 6.86. The van der Waals surface area contributed by atoms with E-state index in [9.17, 15) is 9.59 Å². The maximum Gasteiger partial charge on any atom is 0.309 e. The number of benzene rings is 1. The lowest BCUT2D eigenvalue weighted by atomic mass is 10.3. The van der Waals surface area contributed by atoms with Crippen LogP contribution in [0, 0.1) is 15.4 Å². The molecule has 4 nitrogen and oxygen atoms in total. The fourth-order valence-corrected chi connectivity index (χ4v) is 1.98. The van der Waals surface area contributed by atoms with Crippen LogP contribution in [0.25, 0.3) is 0 Å². The summed E-state index contributed by atoms with van der Waals surface area (Å²) in [5.41, 5.74) is 0.705. The van der Waals surface area contributed by atoms with Crippen LogP contribution in [0.4, 0.5) is 5.69 Å². The number of hydrogen-bond donors (Lipinski definition) is 1. The molecule has 18 heavy (non-hydrogen) atoms. The van der Waals surface area contributed by atoms with Crippen molar-refractivity contribution in [2.24, 2.45) is 11.8 Å². The standard InChI is InChI=1S/C13H14INO3/c1-8-6-11(8)13(17)18-7-12(16)15-10-4-2-9(14)3-5-10/h2-5,8,11H,6-7H2,1H3,(H,15,16)/t8-,11-/m1/s1. The molecule has 2 rings (SSSR count). The number of amides is 1. The Morgan fingerprint density at radius 1 is 1.39 bits per heavy atom. The SMILES string of the molecule is C[C@@H]1C[C@H]1C(=O)OCC(=O)Nc1ccc(I)cc1. The van der Waals surface area contributed by atoms with E-state index in [0.29, 0.717) is 11.6 Å². The Balaban J connectivity index is 1.75. The van der Waals surface area contributed by atoms with E-state index in [-0.39, 0.29) is 24.4 Å². The zero-order valence-electron chi connectivity index (χ0n) is 9.98. The Morgan fingerprint density at radius 2 is 2.00 bits per heavy atom. The lowest BCUT2D eigenvalue weighted by Crippen LogP contribution is -2.21. The van der Waals surface area contributed by atoms with Gasteiger partial charge in [-0.3, -0.25) is 9.59 Å². The van der Waals surface area contributed by atoms with Crippen LogP contribution < -0.4 is 5.32 Å². The van der Waals surface area contributed by atoms with Crippen molar-refractivity contribution in [3.05, 3.63) is 27.8 Å². The molecule has 1 amide bonds. The zero-order chi connectivity index (χ0) is 13.1. The summed E-state index contributed by atoms with van der Waals surface area (Å²) in [7, 11) is 0. The third-order valence-electron chi connectivity index (χ3n) is 2.89. The smallest absolute Gasteiger partial charge is 0.309 e. The zero-order valence-corrected chi connectivity index (χ0v) is 12.1. The molecule has 96 valence electrons. The first-order valence-electron chi connectivity index (χ1n) is 5.78. The van der Waals surface area contributed by atoms with Gasteiger partial charge in [0.25, 0.3) is 5.91 Å². The summed E-state index contributed by atoms with van der Waals surface area (Å²) in [6.07, 6.45) is 0.873. The van der Waals surface area contributed by atoms with E-state index in [1.165, 1.54) is 0 Å². The number of halogens is 1. The summed E-state index contributed by atoms with van der Waals surface area (Å²) in [4.78, 5) is 23.0. The van der Waals surface area contributed by atoms with Crippen LogP contribution in [0.2, 0.25) is 0 Å². The van der Waals surface area contributed by atoms with E-state index < -0.39 is 0 Å². The predicted octanol–water partition coefficient (Wildman–Crippen LogP) is 2.43. The summed E-state index contributed by atoms with van der Waals surface area (Å²) in [6, 6.07) is 7.41. The van der Waals surface area contributed by atoms with Crippen molar-refractivity contribution in [1.82, 2.24) is 0 Å². The first kappa shape index (κ1) is 13.3. The fraction of sp³-hybridized carbons (Fsp3) is 0.385. The molecule has 0 aromatic heterocycles. The van der Waals surface area contributed by atoms with Gasteiger partial charge in [-0.05, 0) is 59.2 Å². The molecule has 1 aromatic carbocycles. The summed E-state index contributed by atoms with van der Waals surface area (Å²) in [5, 5.41) is 2.68. The second-order valence-corrected chi connectivity index (χ2v) is 5.73. The molecule has 1 N–H and O–H groups in total. The predicted molar refractivity (Wildman–Crippen MR) is 76.0 cm³/mol. The molecule has 1 aliphatic carbocycles. The summed E-state index contributed by atoms with van der Waals surface area (Å²) < 4.78 is 6.04. The lowest BCUT2D eigenvalue weighted by Gasteiger charge is -2.06. The van der Waals surface area contributed by atoms with Gasteiger partial charge in [0.05, 0.1) is 5.92 Å².